The Morgan fingerprint density at radius 1 is 1.25 bits per heavy atom. The number of aryl methyl sites for hydroxylation is 1. The highest BCUT2D eigenvalue weighted by molar-refractivity contribution is 7.98. The molecule has 0 aliphatic heterocycles. The molecule has 0 aromatic heterocycles. The van der Waals surface area contributed by atoms with Crippen molar-refractivity contribution in [3.63, 3.8) is 0 Å². The van der Waals surface area contributed by atoms with Crippen LogP contribution in [0.2, 0.25) is 0 Å². The Morgan fingerprint density at radius 3 is 2.44 bits per heavy atom. The van der Waals surface area contributed by atoms with Crippen molar-refractivity contribution in [3.8, 4) is 0 Å². The van der Waals surface area contributed by atoms with Gasteiger partial charge in [0.05, 0.1) is 0 Å². The molecule has 2 heteroatoms. The Hall–Kier alpha value is -0.470. The van der Waals surface area contributed by atoms with E-state index in [-0.39, 0.29) is 11.5 Å². The molecule has 0 radical (unpaired) electrons. The van der Waals surface area contributed by atoms with E-state index in [9.17, 15) is 0 Å². The summed E-state index contributed by atoms with van der Waals surface area (Å²) in [6, 6.07) is 8.82. The lowest BCUT2D eigenvalue weighted by Crippen LogP contribution is -2.37. The Balaban J connectivity index is 2.40. The van der Waals surface area contributed by atoms with Gasteiger partial charge in [0.25, 0.3) is 0 Å². The minimum Gasteiger partial charge on any atom is -0.326 e. The molecule has 1 nitrogen and oxygen atoms in total. The van der Waals surface area contributed by atoms with E-state index in [1.165, 1.54) is 11.1 Å². The lowest BCUT2D eigenvalue weighted by atomic mass is 9.89. The number of thioether (sulfide) groups is 1. The van der Waals surface area contributed by atoms with Gasteiger partial charge in [-0.2, -0.15) is 11.8 Å². The summed E-state index contributed by atoms with van der Waals surface area (Å²) in [7, 11) is 0. The largest absolute Gasteiger partial charge is 0.326 e. The van der Waals surface area contributed by atoms with Crippen molar-refractivity contribution in [1.29, 1.82) is 0 Å². The van der Waals surface area contributed by atoms with Crippen molar-refractivity contribution in [2.24, 2.45) is 11.1 Å². The van der Waals surface area contributed by atoms with Gasteiger partial charge < -0.3 is 5.73 Å². The molecule has 0 saturated heterocycles. The third-order valence-electron chi connectivity index (χ3n) is 2.93. The van der Waals surface area contributed by atoms with Crippen LogP contribution in [-0.2, 0) is 5.75 Å². The predicted octanol–water partition coefficient (Wildman–Crippen LogP) is 3.60. The highest BCUT2D eigenvalue weighted by atomic mass is 32.2. The van der Waals surface area contributed by atoms with E-state index in [2.05, 4.69) is 52.0 Å². The quantitative estimate of drug-likeness (QED) is 0.866. The second kappa shape index (κ2) is 5.74. The zero-order chi connectivity index (χ0) is 12.2. The van der Waals surface area contributed by atoms with Crippen LogP contribution in [0.25, 0.3) is 0 Å². The fourth-order valence-corrected chi connectivity index (χ4v) is 2.73. The monoisotopic (exact) mass is 237 g/mol. The molecule has 1 aromatic carbocycles. The second-order valence-corrected chi connectivity index (χ2v) is 6.44. The third kappa shape index (κ3) is 4.18. The molecule has 2 N–H and O–H groups in total. The van der Waals surface area contributed by atoms with Crippen molar-refractivity contribution in [2.75, 3.05) is 5.75 Å². The summed E-state index contributed by atoms with van der Waals surface area (Å²) in [5.41, 5.74) is 9.14. The van der Waals surface area contributed by atoms with Crippen LogP contribution in [0.4, 0.5) is 0 Å². The number of benzene rings is 1. The van der Waals surface area contributed by atoms with Crippen LogP contribution in [0, 0.1) is 12.3 Å². The Morgan fingerprint density at radius 2 is 1.88 bits per heavy atom. The van der Waals surface area contributed by atoms with E-state index < -0.39 is 0 Å². The van der Waals surface area contributed by atoms with E-state index in [1.807, 2.05) is 11.8 Å². The zero-order valence-corrected chi connectivity index (χ0v) is 11.6. The van der Waals surface area contributed by atoms with Crippen LogP contribution < -0.4 is 5.73 Å². The number of hydrogen-bond donors (Lipinski definition) is 1. The maximum Gasteiger partial charge on any atom is 0.0187 e. The first kappa shape index (κ1) is 13.6. The molecule has 1 aromatic rings. The summed E-state index contributed by atoms with van der Waals surface area (Å²) in [4.78, 5) is 0. The molecule has 0 aliphatic rings. The fourth-order valence-electron chi connectivity index (χ4n) is 1.32. The predicted molar refractivity (Wildman–Crippen MR) is 74.8 cm³/mol. The second-order valence-electron chi connectivity index (χ2n) is 5.41. The summed E-state index contributed by atoms with van der Waals surface area (Å²) in [5, 5.41) is 0. The summed E-state index contributed by atoms with van der Waals surface area (Å²) >= 11 is 1.93. The molecule has 90 valence electrons. The van der Waals surface area contributed by atoms with Gasteiger partial charge in [0.15, 0.2) is 0 Å². The van der Waals surface area contributed by atoms with E-state index in [4.69, 9.17) is 5.73 Å². The van der Waals surface area contributed by atoms with Crippen LogP contribution >= 0.6 is 11.8 Å². The lowest BCUT2D eigenvalue weighted by molar-refractivity contribution is 0.344. The van der Waals surface area contributed by atoms with Crippen molar-refractivity contribution in [3.05, 3.63) is 35.4 Å². The highest BCUT2D eigenvalue weighted by Gasteiger charge is 2.20. The third-order valence-corrected chi connectivity index (χ3v) is 4.04. The maximum atomic E-state index is 6.13. The minimum absolute atomic E-state index is 0.207. The zero-order valence-electron chi connectivity index (χ0n) is 10.8. The molecule has 16 heavy (non-hydrogen) atoms. The standard InChI is InChI=1S/C14H23NS/c1-11-7-5-6-8-12(11)9-16-10-13(15)14(2,3)4/h5-8,13H,9-10,15H2,1-4H3. The normalized spacial score (nSPS) is 13.8. The van der Waals surface area contributed by atoms with Gasteiger partial charge in [0.1, 0.15) is 0 Å². The van der Waals surface area contributed by atoms with Crippen molar-refractivity contribution >= 4 is 11.8 Å². The summed E-state index contributed by atoms with van der Waals surface area (Å²) in [6.07, 6.45) is 0. The topological polar surface area (TPSA) is 26.0 Å². The molecule has 0 fully saturated rings. The molecule has 0 saturated carbocycles. The molecule has 0 spiro atoms. The van der Waals surface area contributed by atoms with Crippen molar-refractivity contribution in [1.82, 2.24) is 0 Å². The van der Waals surface area contributed by atoms with Crippen LogP contribution in [0.15, 0.2) is 24.3 Å². The fraction of sp³-hybridized carbons (Fsp3) is 0.571. The van der Waals surface area contributed by atoms with Gasteiger partial charge in [-0.15, -0.1) is 0 Å². The molecule has 1 rings (SSSR count). The van der Waals surface area contributed by atoms with Crippen LogP contribution in [0.5, 0.6) is 0 Å². The Bertz CT molecular complexity index is 328. The van der Waals surface area contributed by atoms with E-state index in [0.29, 0.717) is 0 Å². The van der Waals surface area contributed by atoms with Gasteiger partial charge in [0.2, 0.25) is 0 Å². The molecule has 1 atom stereocenters. The smallest absolute Gasteiger partial charge is 0.0187 e. The summed E-state index contributed by atoms with van der Waals surface area (Å²) in [6.45, 7) is 8.77. The van der Waals surface area contributed by atoms with Gasteiger partial charge in [-0.3, -0.25) is 0 Å². The average molecular weight is 237 g/mol. The van der Waals surface area contributed by atoms with Crippen molar-refractivity contribution in [2.45, 2.75) is 39.5 Å². The average Bonchev–Trinajstić information content (AvgIpc) is 2.19. The molecular formula is C14H23NS. The van der Waals surface area contributed by atoms with Crippen molar-refractivity contribution < 1.29 is 0 Å². The lowest BCUT2D eigenvalue weighted by Gasteiger charge is -2.26. The number of nitrogens with two attached hydrogens (primary N) is 1. The van der Waals surface area contributed by atoms with Gasteiger partial charge in [-0.25, -0.2) is 0 Å². The van der Waals surface area contributed by atoms with E-state index >= 15 is 0 Å². The molecule has 0 aliphatic carbocycles. The Kier molecular flexibility index (Phi) is 4.88. The molecular weight excluding hydrogens is 214 g/mol. The molecule has 0 amide bonds. The number of hydrogen-bond acceptors (Lipinski definition) is 2. The molecule has 1 unspecified atom stereocenters. The molecule has 0 bridgehead atoms. The van der Waals surface area contributed by atoms with Crippen LogP contribution in [-0.4, -0.2) is 11.8 Å². The first-order valence-corrected chi connectivity index (χ1v) is 6.94. The van der Waals surface area contributed by atoms with Gasteiger partial charge in [-0.05, 0) is 23.5 Å². The van der Waals surface area contributed by atoms with E-state index in [1.54, 1.807) is 0 Å². The summed E-state index contributed by atoms with van der Waals surface area (Å²) in [5.74, 6) is 2.09. The first-order valence-electron chi connectivity index (χ1n) is 5.79. The summed E-state index contributed by atoms with van der Waals surface area (Å²) < 4.78 is 0. The number of rotatable bonds is 4. The van der Waals surface area contributed by atoms with Crippen LogP contribution in [0.3, 0.4) is 0 Å². The first-order chi connectivity index (χ1) is 7.41. The SMILES string of the molecule is Cc1ccccc1CSCC(N)C(C)(C)C. The Labute approximate surface area is 104 Å². The van der Waals surface area contributed by atoms with E-state index in [0.717, 1.165) is 11.5 Å². The van der Waals surface area contributed by atoms with Gasteiger partial charge in [0, 0.05) is 17.5 Å². The molecule has 0 heterocycles. The minimum atomic E-state index is 0.207. The highest BCUT2D eigenvalue weighted by Crippen LogP contribution is 2.23. The van der Waals surface area contributed by atoms with Crippen LogP contribution in [0.1, 0.15) is 31.9 Å². The maximum absolute atomic E-state index is 6.13. The van der Waals surface area contributed by atoms with Gasteiger partial charge in [-0.1, -0.05) is 45.0 Å². The van der Waals surface area contributed by atoms with Gasteiger partial charge >= 0.3 is 0 Å².